The Kier molecular flexibility index (Phi) is 7.35. The number of nitriles is 1. The van der Waals surface area contributed by atoms with Gasteiger partial charge in [0.1, 0.15) is 11.9 Å². The maximum atomic E-state index is 13.9. The van der Waals surface area contributed by atoms with Crippen LogP contribution in [0.2, 0.25) is 0 Å². The van der Waals surface area contributed by atoms with Crippen molar-refractivity contribution in [2.24, 2.45) is 0 Å². The summed E-state index contributed by atoms with van der Waals surface area (Å²) in [4.78, 5) is 28.3. The minimum atomic E-state index is -0.795. The van der Waals surface area contributed by atoms with Crippen LogP contribution in [-0.4, -0.2) is 56.0 Å². The first-order valence-corrected chi connectivity index (χ1v) is 9.88. The van der Waals surface area contributed by atoms with Crippen LogP contribution in [0, 0.1) is 17.1 Å². The Morgan fingerprint density at radius 3 is 2.43 bits per heavy atom. The molecule has 2 N–H and O–H groups in total. The van der Waals surface area contributed by atoms with Crippen LogP contribution < -0.4 is 15.5 Å². The van der Waals surface area contributed by atoms with Crippen LogP contribution in [0.5, 0.6) is 0 Å². The van der Waals surface area contributed by atoms with Gasteiger partial charge in [-0.2, -0.15) is 5.26 Å². The van der Waals surface area contributed by atoms with Gasteiger partial charge in [-0.3, -0.25) is 14.5 Å². The van der Waals surface area contributed by atoms with E-state index in [9.17, 15) is 14.0 Å². The predicted molar refractivity (Wildman–Crippen MR) is 112 cm³/mol. The molecule has 1 fully saturated rings. The van der Waals surface area contributed by atoms with Gasteiger partial charge in [-0.1, -0.05) is 24.3 Å². The van der Waals surface area contributed by atoms with Crippen LogP contribution >= 0.6 is 0 Å². The van der Waals surface area contributed by atoms with Gasteiger partial charge in [-0.05, 0) is 37.2 Å². The number of anilines is 2. The van der Waals surface area contributed by atoms with Crippen molar-refractivity contribution in [3.05, 3.63) is 59.9 Å². The number of carbonyl (C=O) groups excluding carboxylic acids is 2. The monoisotopic (exact) mass is 409 g/mol. The second-order valence-electron chi connectivity index (χ2n) is 7.00. The van der Waals surface area contributed by atoms with E-state index in [0.29, 0.717) is 29.9 Å². The summed E-state index contributed by atoms with van der Waals surface area (Å²) in [6, 6.07) is 15.3. The molecule has 0 spiro atoms. The molecular formula is C22H24FN5O2. The molecule has 0 radical (unpaired) electrons. The summed E-state index contributed by atoms with van der Waals surface area (Å²) >= 11 is 0. The lowest BCUT2D eigenvalue weighted by Crippen LogP contribution is -2.47. The van der Waals surface area contributed by atoms with Crippen molar-refractivity contribution in [1.29, 1.82) is 5.26 Å². The smallest absolute Gasteiger partial charge is 0.313 e. The molecule has 1 aliphatic rings. The Morgan fingerprint density at radius 2 is 1.70 bits per heavy atom. The molecule has 8 heteroatoms. The zero-order valence-corrected chi connectivity index (χ0v) is 16.6. The van der Waals surface area contributed by atoms with Crippen LogP contribution in [0.1, 0.15) is 12.0 Å². The lowest BCUT2D eigenvalue weighted by Gasteiger charge is -2.36. The number of hydrogen-bond acceptors (Lipinski definition) is 5. The average Bonchev–Trinajstić information content (AvgIpc) is 2.77. The van der Waals surface area contributed by atoms with Gasteiger partial charge in [-0.25, -0.2) is 4.39 Å². The fraction of sp³-hybridized carbons (Fsp3) is 0.318. The van der Waals surface area contributed by atoms with Gasteiger partial charge in [0.05, 0.1) is 16.9 Å². The van der Waals surface area contributed by atoms with Gasteiger partial charge in [0.15, 0.2) is 0 Å². The number of hydrogen-bond donors (Lipinski definition) is 2. The number of para-hydroxylation sites is 2. The number of benzene rings is 2. The van der Waals surface area contributed by atoms with E-state index in [1.807, 2.05) is 17.0 Å². The van der Waals surface area contributed by atoms with E-state index in [-0.39, 0.29) is 5.82 Å². The molecular weight excluding hydrogens is 385 g/mol. The predicted octanol–water partition coefficient (Wildman–Crippen LogP) is 1.96. The summed E-state index contributed by atoms with van der Waals surface area (Å²) in [5.74, 6) is -1.73. The third-order valence-electron chi connectivity index (χ3n) is 5.00. The lowest BCUT2D eigenvalue weighted by molar-refractivity contribution is -0.136. The number of carbonyl (C=O) groups is 2. The minimum Gasteiger partial charge on any atom is -0.367 e. The highest BCUT2D eigenvalue weighted by atomic mass is 19.1. The number of rotatable bonds is 6. The number of nitrogens with one attached hydrogen (secondary N) is 2. The van der Waals surface area contributed by atoms with E-state index >= 15 is 0 Å². The van der Waals surface area contributed by atoms with Crippen molar-refractivity contribution in [2.45, 2.75) is 6.42 Å². The van der Waals surface area contributed by atoms with Crippen molar-refractivity contribution in [1.82, 2.24) is 10.2 Å². The van der Waals surface area contributed by atoms with E-state index < -0.39 is 11.8 Å². The second kappa shape index (κ2) is 10.4. The highest BCUT2D eigenvalue weighted by Crippen LogP contribution is 2.20. The molecule has 0 bridgehead atoms. The van der Waals surface area contributed by atoms with Crippen LogP contribution in [-0.2, 0) is 9.59 Å². The molecule has 2 aromatic rings. The molecule has 1 saturated heterocycles. The summed E-state index contributed by atoms with van der Waals surface area (Å²) in [7, 11) is 0. The number of piperazine rings is 1. The molecule has 0 aliphatic carbocycles. The zero-order chi connectivity index (χ0) is 21.3. The Labute approximate surface area is 175 Å². The molecule has 1 aliphatic heterocycles. The minimum absolute atomic E-state index is 0.204. The first kappa shape index (κ1) is 21.3. The van der Waals surface area contributed by atoms with Crippen LogP contribution in [0.4, 0.5) is 15.8 Å². The third kappa shape index (κ3) is 5.55. The molecule has 2 amide bonds. The molecule has 156 valence electrons. The van der Waals surface area contributed by atoms with Crippen molar-refractivity contribution in [3.63, 3.8) is 0 Å². The van der Waals surface area contributed by atoms with Gasteiger partial charge in [0.25, 0.3) is 0 Å². The standard InChI is InChI=1S/C22H24FN5O2/c23-18-7-2-4-9-20(18)28-14-12-27(13-15-28)11-5-10-25-21(29)22(30)26-19-8-3-1-6-17(19)16-24/h1-4,6-9H,5,10-15H2,(H,25,29)(H,26,30). The fourth-order valence-electron chi connectivity index (χ4n) is 3.37. The van der Waals surface area contributed by atoms with Gasteiger partial charge < -0.3 is 15.5 Å². The Morgan fingerprint density at radius 1 is 1.00 bits per heavy atom. The third-order valence-corrected chi connectivity index (χ3v) is 5.00. The van der Waals surface area contributed by atoms with Crippen molar-refractivity contribution in [2.75, 3.05) is 49.5 Å². The van der Waals surface area contributed by atoms with Gasteiger partial charge >= 0.3 is 11.8 Å². The highest BCUT2D eigenvalue weighted by molar-refractivity contribution is 6.39. The first-order chi connectivity index (χ1) is 14.6. The van der Waals surface area contributed by atoms with Crippen molar-refractivity contribution >= 4 is 23.2 Å². The van der Waals surface area contributed by atoms with Crippen molar-refractivity contribution in [3.8, 4) is 6.07 Å². The molecule has 0 aromatic heterocycles. The van der Waals surface area contributed by atoms with E-state index in [4.69, 9.17) is 5.26 Å². The topological polar surface area (TPSA) is 88.5 Å². The summed E-state index contributed by atoms with van der Waals surface area (Å²) in [6.07, 6.45) is 0.702. The maximum Gasteiger partial charge on any atom is 0.313 e. The van der Waals surface area contributed by atoms with Crippen molar-refractivity contribution < 1.29 is 14.0 Å². The summed E-state index contributed by atoms with van der Waals surface area (Å²) in [6.45, 7) is 4.27. The molecule has 2 aromatic carbocycles. The molecule has 30 heavy (non-hydrogen) atoms. The van der Waals surface area contributed by atoms with Gasteiger partial charge in [-0.15, -0.1) is 0 Å². The second-order valence-corrected chi connectivity index (χ2v) is 7.00. The van der Waals surface area contributed by atoms with E-state index in [0.717, 1.165) is 32.7 Å². The maximum absolute atomic E-state index is 13.9. The summed E-state index contributed by atoms with van der Waals surface area (Å²) in [5.41, 5.74) is 1.24. The van der Waals surface area contributed by atoms with Crippen LogP contribution in [0.25, 0.3) is 0 Å². The molecule has 0 unspecified atom stereocenters. The van der Waals surface area contributed by atoms with E-state index in [2.05, 4.69) is 15.5 Å². The Bertz CT molecular complexity index is 935. The number of nitrogens with zero attached hydrogens (tertiary/aromatic N) is 3. The van der Waals surface area contributed by atoms with E-state index in [1.165, 1.54) is 6.07 Å². The first-order valence-electron chi connectivity index (χ1n) is 9.88. The van der Waals surface area contributed by atoms with Gasteiger partial charge in [0.2, 0.25) is 0 Å². The average molecular weight is 409 g/mol. The zero-order valence-electron chi connectivity index (χ0n) is 16.6. The van der Waals surface area contributed by atoms with E-state index in [1.54, 1.807) is 36.4 Å². The highest BCUT2D eigenvalue weighted by Gasteiger charge is 2.19. The normalized spacial score (nSPS) is 14.1. The largest absolute Gasteiger partial charge is 0.367 e. The number of halogens is 1. The molecule has 7 nitrogen and oxygen atoms in total. The molecule has 0 saturated carbocycles. The fourth-order valence-corrected chi connectivity index (χ4v) is 3.37. The number of amides is 2. The van der Waals surface area contributed by atoms with Crippen LogP contribution in [0.3, 0.4) is 0 Å². The Hall–Kier alpha value is -3.44. The molecule has 0 atom stereocenters. The molecule has 3 rings (SSSR count). The Balaban J connectivity index is 1.35. The van der Waals surface area contributed by atoms with Gasteiger partial charge in [0, 0.05) is 32.7 Å². The summed E-state index contributed by atoms with van der Waals surface area (Å²) < 4.78 is 13.9. The quantitative estimate of drug-likeness (QED) is 0.563. The molecule has 1 heterocycles. The van der Waals surface area contributed by atoms with Crippen LogP contribution in [0.15, 0.2) is 48.5 Å². The SMILES string of the molecule is N#Cc1ccccc1NC(=O)C(=O)NCCCN1CCN(c2ccccc2F)CC1. The summed E-state index contributed by atoms with van der Waals surface area (Å²) in [5, 5.41) is 14.1. The lowest BCUT2D eigenvalue weighted by atomic mass is 10.2.